The summed E-state index contributed by atoms with van der Waals surface area (Å²) < 4.78 is 6.02. The Bertz CT molecular complexity index is 300. The van der Waals surface area contributed by atoms with Crippen LogP contribution >= 0.6 is 0 Å². The van der Waals surface area contributed by atoms with Gasteiger partial charge in [-0.25, -0.2) is 0 Å². The third kappa shape index (κ3) is 3.28. The molecule has 1 aliphatic heterocycles. The van der Waals surface area contributed by atoms with Gasteiger partial charge in [0.15, 0.2) is 8.32 Å². The van der Waals surface area contributed by atoms with Crippen molar-refractivity contribution in [2.24, 2.45) is 0 Å². The van der Waals surface area contributed by atoms with Crippen LogP contribution in [0.15, 0.2) is 0 Å². The summed E-state index contributed by atoms with van der Waals surface area (Å²) in [4.78, 5) is 10.8. The second-order valence-electron chi connectivity index (χ2n) is 6.15. The number of nitrogens with one attached hydrogen (secondary N) is 1. The van der Waals surface area contributed by atoms with E-state index in [4.69, 9.17) is 9.53 Å². The van der Waals surface area contributed by atoms with Gasteiger partial charge in [-0.3, -0.25) is 10.1 Å². The lowest BCUT2D eigenvalue weighted by atomic mass is 10.2. The van der Waals surface area contributed by atoms with Crippen LogP contribution in [0.4, 0.5) is 0 Å². The lowest BCUT2D eigenvalue weighted by Crippen LogP contribution is -2.47. The van der Waals surface area contributed by atoms with Crippen LogP contribution < -0.4 is 5.32 Å². The zero-order valence-electron chi connectivity index (χ0n) is 11.2. The number of carboxylic acids is 1. The summed E-state index contributed by atoms with van der Waals surface area (Å²) in [5.41, 5.74) is 0. The van der Waals surface area contributed by atoms with Gasteiger partial charge in [-0.1, -0.05) is 20.8 Å². The Kier molecular flexibility index (Phi) is 4.03. The predicted molar refractivity (Wildman–Crippen MR) is 67.3 cm³/mol. The summed E-state index contributed by atoms with van der Waals surface area (Å²) >= 11 is 0. The molecule has 0 aromatic carbocycles. The first-order chi connectivity index (χ1) is 7.54. The monoisotopic (exact) mass is 261 g/mol. The zero-order chi connectivity index (χ0) is 13.4. The molecule has 1 fully saturated rings. The fourth-order valence-corrected chi connectivity index (χ4v) is 2.92. The van der Waals surface area contributed by atoms with E-state index in [1.54, 1.807) is 0 Å². The van der Waals surface area contributed by atoms with Crippen LogP contribution in [0.5, 0.6) is 0 Å². The lowest BCUT2D eigenvalue weighted by Gasteiger charge is -2.38. The van der Waals surface area contributed by atoms with Crippen LogP contribution in [-0.2, 0) is 9.22 Å². The van der Waals surface area contributed by atoms with Gasteiger partial charge in [0, 0.05) is 6.42 Å². The maximum absolute atomic E-state index is 10.8. The maximum Gasteiger partial charge on any atom is 0.320 e. The summed E-state index contributed by atoms with van der Waals surface area (Å²) in [5, 5.41) is 21.3. The largest absolute Gasteiger partial charge is 0.480 e. The van der Waals surface area contributed by atoms with Gasteiger partial charge in [0.2, 0.25) is 0 Å². The molecule has 0 aromatic rings. The zero-order valence-corrected chi connectivity index (χ0v) is 12.2. The molecule has 1 rings (SSSR count). The van der Waals surface area contributed by atoms with Crippen molar-refractivity contribution in [1.82, 2.24) is 5.32 Å². The molecule has 6 heteroatoms. The smallest absolute Gasteiger partial charge is 0.320 e. The van der Waals surface area contributed by atoms with Gasteiger partial charge >= 0.3 is 5.97 Å². The number of hydrogen-bond donors (Lipinski definition) is 3. The van der Waals surface area contributed by atoms with E-state index in [1.807, 2.05) is 0 Å². The Balaban J connectivity index is 2.68. The molecular formula is C11H23NO4Si. The molecule has 0 radical (unpaired) electrons. The van der Waals surface area contributed by atoms with Crippen molar-refractivity contribution in [3.8, 4) is 0 Å². The summed E-state index contributed by atoms with van der Waals surface area (Å²) in [7, 11) is -1.97. The summed E-state index contributed by atoms with van der Waals surface area (Å²) in [6.07, 6.45) is -0.981. The molecule has 0 saturated carbocycles. The molecule has 0 aliphatic carbocycles. The number of aliphatic carboxylic acids is 1. The van der Waals surface area contributed by atoms with Crippen molar-refractivity contribution < 1.29 is 19.4 Å². The Labute approximate surface area is 103 Å². The van der Waals surface area contributed by atoms with E-state index < -0.39 is 32.7 Å². The third-order valence-electron chi connectivity index (χ3n) is 3.74. The molecule has 0 aromatic heterocycles. The van der Waals surface area contributed by atoms with Gasteiger partial charge in [0.25, 0.3) is 0 Å². The van der Waals surface area contributed by atoms with Gasteiger partial charge in [0.05, 0.1) is 6.10 Å². The normalized spacial score (nSPS) is 30.6. The van der Waals surface area contributed by atoms with Crippen molar-refractivity contribution in [3.05, 3.63) is 0 Å². The van der Waals surface area contributed by atoms with E-state index in [2.05, 4.69) is 39.2 Å². The standard InChI is InChI=1S/C11H23NO4Si/c1-11(2,3)17(4,5)16-8-6-7(10(14)15)12-9(8)13/h7-9,12-13H,6H2,1-5H3,(H,14,15)/t7-,8+,9?/m0/s1. The van der Waals surface area contributed by atoms with Gasteiger partial charge in [0.1, 0.15) is 12.3 Å². The quantitative estimate of drug-likeness (QED) is 0.664. The fraction of sp³-hybridized carbons (Fsp3) is 0.909. The van der Waals surface area contributed by atoms with Crippen LogP contribution in [0.25, 0.3) is 0 Å². The number of carboxylic acid groups (broad SMARTS) is 1. The van der Waals surface area contributed by atoms with Crippen molar-refractivity contribution in [2.45, 2.75) is 63.7 Å². The minimum atomic E-state index is -1.97. The Hall–Kier alpha value is -0.433. The molecule has 17 heavy (non-hydrogen) atoms. The Morgan fingerprint density at radius 2 is 1.94 bits per heavy atom. The molecule has 5 nitrogen and oxygen atoms in total. The van der Waals surface area contributed by atoms with E-state index in [0.717, 1.165) is 0 Å². The van der Waals surface area contributed by atoms with E-state index in [0.29, 0.717) is 6.42 Å². The third-order valence-corrected chi connectivity index (χ3v) is 8.25. The SMILES string of the molecule is CC(C)(C)[Si](C)(C)O[C@@H]1C[C@@H](C(=O)O)NC1O. The second-order valence-corrected chi connectivity index (χ2v) is 10.9. The number of aliphatic hydroxyl groups is 1. The van der Waals surface area contributed by atoms with Crippen LogP contribution in [0.2, 0.25) is 18.1 Å². The summed E-state index contributed by atoms with van der Waals surface area (Å²) in [6, 6.07) is -0.709. The first-order valence-corrected chi connectivity index (χ1v) is 8.80. The highest BCUT2D eigenvalue weighted by molar-refractivity contribution is 6.74. The lowest BCUT2D eigenvalue weighted by molar-refractivity contribution is -0.139. The van der Waals surface area contributed by atoms with Crippen molar-refractivity contribution in [1.29, 1.82) is 0 Å². The number of hydrogen-bond acceptors (Lipinski definition) is 4. The maximum atomic E-state index is 10.8. The van der Waals surface area contributed by atoms with Gasteiger partial charge in [-0.2, -0.15) is 0 Å². The Morgan fingerprint density at radius 3 is 2.29 bits per heavy atom. The van der Waals surface area contributed by atoms with Crippen LogP contribution in [0, 0.1) is 0 Å². The molecule has 0 spiro atoms. The molecular weight excluding hydrogens is 238 g/mol. The predicted octanol–water partition coefficient (Wildman–Crippen LogP) is 1.14. The minimum Gasteiger partial charge on any atom is -0.480 e. The first-order valence-electron chi connectivity index (χ1n) is 5.89. The van der Waals surface area contributed by atoms with Crippen LogP contribution in [0.3, 0.4) is 0 Å². The molecule has 1 saturated heterocycles. The number of aliphatic hydroxyl groups excluding tert-OH is 1. The number of rotatable bonds is 3. The Morgan fingerprint density at radius 1 is 1.41 bits per heavy atom. The van der Waals surface area contributed by atoms with Crippen molar-refractivity contribution >= 4 is 14.3 Å². The number of carbonyl (C=O) groups is 1. The molecule has 0 bridgehead atoms. The van der Waals surface area contributed by atoms with Crippen LogP contribution in [-0.4, -0.2) is 42.9 Å². The highest BCUT2D eigenvalue weighted by atomic mass is 28.4. The summed E-state index contributed by atoms with van der Waals surface area (Å²) in [6.45, 7) is 10.5. The van der Waals surface area contributed by atoms with E-state index in [-0.39, 0.29) is 5.04 Å². The highest BCUT2D eigenvalue weighted by Gasteiger charge is 2.44. The molecule has 1 aliphatic rings. The van der Waals surface area contributed by atoms with Gasteiger partial charge in [-0.15, -0.1) is 0 Å². The molecule has 1 unspecified atom stereocenters. The van der Waals surface area contributed by atoms with Crippen LogP contribution in [0.1, 0.15) is 27.2 Å². The first kappa shape index (κ1) is 14.6. The van der Waals surface area contributed by atoms with E-state index in [1.165, 1.54) is 0 Å². The molecule has 3 atom stereocenters. The molecule has 3 N–H and O–H groups in total. The fourth-order valence-electron chi connectivity index (χ4n) is 1.58. The topological polar surface area (TPSA) is 78.8 Å². The average molecular weight is 261 g/mol. The van der Waals surface area contributed by atoms with Crippen molar-refractivity contribution in [2.75, 3.05) is 0 Å². The minimum absolute atomic E-state index is 0.0496. The molecule has 100 valence electrons. The van der Waals surface area contributed by atoms with Gasteiger partial charge in [-0.05, 0) is 18.1 Å². The molecule has 0 amide bonds. The molecule has 1 heterocycles. The van der Waals surface area contributed by atoms with E-state index >= 15 is 0 Å². The highest BCUT2D eigenvalue weighted by Crippen LogP contribution is 2.38. The van der Waals surface area contributed by atoms with Crippen molar-refractivity contribution in [3.63, 3.8) is 0 Å². The second kappa shape index (κ2) is 4.68. The summed E-state index contributed by atoms with van der Waals surface area (Å²) in [5.74, 6) is -0.939. The van der Waals surface area contributed by atoms with Gasteiger partial charge < -0.3 is 14.6 Å². The van der Waals surface area contributed by atoms with E-state index in [9.17, 15) is 9.90 Å². The average Bonchev–Trinajstić information content (AvgIpc) is 2.45.